The highest BCUT2D eigenvalue weighted by Crippen LogP contribution is 2.46. The Bertz CT molecular complexity index is 769. The van der Waals surface area contributed by atoms with Crippen molar-refractivity contribution in [2.75, 3.05) is 26.2 Å². The van der Waals surface area contributed by atoms with Crippen molar-refractivity contribution < 1.29 is 4.79 Å². The van der Waals surface area contributed by atoms with Gasteiger partial charge in [0.15, 0.2) is 0 Å². The van der Waals surface area contributed by atoms with Crippen LogP contribution in [0.4, 0.5) is 0 Å². The van der Waals surface area contributed by atoms with E-state index < -0.39 is 6.04 Å². The van der Waals surface area contributed by atoms with Crippen LogP contribution >= 0.6 is 12.4 Å². The minimum atomic E-state index is -0.394. The van der Waals surface area contributed by atoms with Crippen LogP contribution in [0.3, 0.4) is 0 Å². The number of halogens is 1. The van der Waals surface area contributed by atoms with Gasteiger partial charge < -0.3 is 10.6 Å². The average molecular weight is 386 g/mol. The molecule has 0 unspecified atom stereocenters. The Labute approximate surface area is 167 Å². The van der Waals surface area contributed by atoms with Crippen molar-refractivity contribution in [1.82, 2.24) is 9.80 Å². The summed E-state index contributed by atoms with van der Waals surface area (Å²) in [7, 11) is 0. The molecule has 1 heterocycles. The minimum absolute atomic E-state index is 0. The standard InChI is InChI=1S/C22H27N3O.ClH/c1-15(2)20(23)22(26)25-13-11-24(12-14-25)21-18-9-5-3-7-16(18)17-8-4-6-10-19(17)21;/h3-10,15,20-21H,11-14,23H2,1-2H3;1H/t20-;/m0./s1. The largest absolute Gasteiger partial charge is 0.339 e. The van der Waals surface area contributed by atoms with Crippen molar-refractivity contribution in [3.05, 3.63) is 59.7 Å². The van der Waals surface area contributed by atoms with Crippen molar-refractivity contribution >= 4 is 18.3 Å². The number of fused-ring (bicyclic) bond motifs is 3. The number of carbonyl (C=O) groups excluding carboxylic acids is 1. The van der Waals surface area contributed by atoms with Crippen LogP contribution in [0.5, 0.6) is 0 Å². The molecule has 1 atom stereocenters. The van der Waals surface area contributed by atoms with E-state index in [1.165, 1.54) is 22.3 Å². The molecule has 144 valence electrons. The fourth-order valence-corrected chi connectivity index (χ4v) is 4.22. The van der Waals surface area contributed by atoms with Crippen molar-refractivity contribution in [2.45, 2.75) is 25.9 Å². The highest BCUT2D eigenvalue weighted by molar-refractivity contribution is 5.85. The molecular formula is C22H28ClN3O. The lowest BCUT2D eigenvalue weighted by Gasteiger charge is -2.39. The number of rotatable bonds is 3. The quantitative estimate of drug-likeness (QED) is 0.881. The molecule has 1 amide bonds. The van der Waals surface area contributed by atoms with E-state index in [1.807, 2.05) is 18.7 Å². The number of piperazine rings is 1. The normalized spacial score (nSPS) is 18.0. The van der Waals surface area contributed by atoms with Crippen LogP contribution in [0.2, 0.25) is 0 Å². The van der Waals surface area contributed by atoms with Gasteiger partial charge in [-0.15, -0.1) is 12.4 Å². The topological polar surface area (TPSA) is 49.6 Å². The molecule has 1 aliphatic heterocycles. The van der Waals surface area contributed by atoms with Gasteiger partial charge in [-0.1, -0.05) is 62.4 Å². The fourth-order valence-electron chi connectivity index (χ4n) is 4.22. The van der Waals surface area contributed by atoms with Crippen molar-refractivity contribution in [3.63, 3.8) is 0 Å². The van der Waals surface area contributed by atoms with Gasteiger partial charge in [0, 0.05) is 26.2 Å². The van der Waals surface area contributed by atoms with Crippen LogP contribution in [0.1, 0.15) is 31.0 Å². The summed E-state index contributed by atoms with van der Waals surface area (Å²) in [5.41, 5.74) is 11.5. The Morgan fingerprint density at radius 2 is 1.41 bits per heavy atom. The van der Waals surface area contributed by atoms with Gasteiger partial charge in [0.1, 0.15) is 0 Å². The minimum Gasteiger partial charge on any atom is -0.339 e. The van der Waals surface area contributed by atoms with Crippen LogP contribution < -0.4 is 5.73 Å². The average Bonchev–Trinajstić information content (AvgIpc) is 3.01. The zero-order valence-electron chi connectivity index (χ0n) is 16.0. The number of hydrogen-bond acceptors (Lipinski definition) is 3. The van der Waals surface area contributed by atoms with E-state index in [4.69, 9.17) is 5.73 Å². The first-order valence-corrected chi connectivity index (χ1v) is 9.54. The summed E-state index contributed by atoms with van der Waals surface area (Å²) in [6.07, 6.45) is 0. The van der Waals surface area contributed by atoms with Gasteiger partial charge in [-0.25, -0.2) is 0 Å². The van der Waals surface area contributed by atoms with Crippen LogP contribution in [-0.2, 0) is 4.79 Å². The van der Waals surface area contributed by atoms with E-state index >= 15 is 0 Å². The first-order chi connectivity index (χ1) is 12.6. The zero-order chi connectivity index (χ0) is 18.3. The predicted molar refractivity (Wildman–Crippen MR) is 112 cm³/mol. The number of hydrogen-bond donors (Lipinski definition) is 1. The van der Waals surface area contributed by atoms with Gasteiger partial charge in [0.25, 0.3) is 0 Å². The van der Waals surface area contributed by atoms with E-state index in [-0.39, 0.29) is 24.2 Å². The molecule has 27 heavy (non-hydrogen) atoms. The summed E-state index contributed by atoms with van der Waals surface area (Å²) >= 11 is 0. The Balaban J connectivity index is 0.00000210. The van der Waals surface area contributed by atoms with Crippen LogP contribution in [0.25, 0.3) is 11.1 Å². The monoisotopic (exact) mass is 385 g/mol. The van der Waals surface area contributed by atoms with E-state index in [2.05, 4.69) is 53.4 Å². The van der Waals surface area contributed by atoms with Gasteiger partial charge in [0.2, 0.25) is 5.91 Å². The molecule has 4 nitrogen and oxygen atoms in total. The molecule has 2 aromatic rings. The van der Waals surface area contributed by atoms with Gasteiger partial charge in [-0.3, -0.25) is 9.69 Å². The maximum Gasteiger partial charge on any atom is 0.239 e. The molecule has 1 saturated heterocycles. The number of benzene rings is 2. The number of amides is 1. The maximum absolute atomic E-state index is 12.5. The molecule has 2 aromatic carbocycles. The highest BCUT2D eigenvalue weighted by Gasteiger charge is 2.35. The number of nitrogens with zero attached hydrogens (tertiary/aromatic N) is 2. The van der Waals surface area contributed by atoms with Gasteiger partial charge in [-0.05, 0) is 28.2 Å². The number of carbonyl (C=O) groups is 1. The third-order valence-electron chi connectivity index (χ3n) is 5.80. The summed E-state index contributed by atoms with van der Waals surface area (Å²) < 4.78 is 0. The summed E-state index contributed by atoms with van der Waals surface area (Å²) in [5.74, 6) is 0.265. The zero-order valence-corrected chi connectivity index (χ0v) is 16.8. The summed E-state index contributed by atoms with van der Waals surface area (Å²) in [4.78, 5) is 17.0. The molecular weight excluding hydrogens is 358 g/mol. The van der Waals surface area contributed by atoms with Crippen molar-refractivity contribution in [2.24, 2.45) is 11.7 Å². The first-order valence-electron chi connectivity index (χ1n) is 9.54. The van der Waals surface area contributed by atoms with Crippen molar-refractivity contribution in [1.29, 1.82) is 0 Å². The molecule has 0 aromatic heterocycles. The molecule has 1 fully saturated rings. The van der Waals surface area contributed by atoms with Crippen molar-refractivity contribution in [3.8, 4) is 11.1 Å². The molecule has 0 bridgehead atoms. The lowest BCUT2D eigenvalue weighted by atomic mass is 10.0. The Kier molecular flexibility index (Phi) is 5.89. The molecule has 0 spiro atoms. The Morgan fingerprint density at radius 3 is 1.89 bits per heavy atom. The Hall–Kier alpha value is -1.88. The molecule has 0 saturated carbocycles. The second kappa shape index (κ2) is 8.01. The predicted octanol–water partition coefficient (Wildman–Crippen LogP) is 3.31. The summed E-state index contributed by atoms with van der Waals surface area (Å²) in [6, 6.07) is 17.3. The summed E-state index contributed by atoms with van der Waals surface area (Å²) in [6.45, 7) is 7.27. The van der Waals surface area contributed by atoms with E-state index in [0.29, 0.717) is 6.04 Å². The molecule has 2 N–H and O–H groups in total. The Morgan fingerprint density at radius 1 is 0.926 bits per heavy atom. The summed E-state index contributed by atoms with van der Waals surface area (Å²) in [5, 5.41) is 0. The second-order valence-electron chi connectivity index (χ2n) is 7.71. The lowest BCUT2D eigenvalue weighted by Crippen LogP contribution is -2.54. The van der Waals surface area contributed by atoms with E-state index in [9.17, 15) is 4.79 Å². The molecule has 1 aliphatic carbocycles. The van der Waals surface area contributed by atoms with E-state index in [0.717, 1.165) is 26.2 Å². The third-order valence-corrected chi connectivity index (χ3v) is 5.80. The lowest BCUT2D eigenvalue weighted by molar-refractivity contribution is -0.135. The van der Waals surface area contributed by atoms with Crippen LogP contribution in [0, 0.1) is 5.92 Å². The second-order valence-corrected chi connectivity index (χ2v) is 7.71. The SMILES string of the molecule is CC(C)[C@H](N)C(=O)N1CCN(C2c3ccccc3-c3ccccc32)CC1.Cl. The first kappa shape index (κ1) is 19.9. The maximum atomic E-state index is 12.5. The molecule has 0 radical (unpaired) electrons. The van der Waals surface area contributed by atoms with Gasteiger partial charge in [0.05, 0.1) is 12.1 Å². The van der Waals surface area contributed by atoms with Gasteiger partial charge >= 0.3 is 0 Å². The highest BCUT2D eigenvalue weighted by atomic mass is 35.5. The van der Waals surface area contributed by atoms with E-state index in [1.54, 1.807) is 0 Å². The molecule has 4 rings (SSSR count). The van der Waals surface area contributed by atoms with Crippen LogP contribution in [-0.4, -0.2) is 47.9 Å². The fraction of sp³-hybridized carbons (Fsp3) is 0.409. The number of nitrogens with two attached hydrogens (primary N) is 1. The molecule has 5 heteroatoms. The van der Waals surface area contributed by atoms with Crippen LogP contribution in [0.15, 0.2) is 48.5 Å². The molecule has 2 aliphatic rings. The smallest absolute Gasteiger partial charge is 0.239 e. The third kappa shape index (κ3) is 3.49. The van der Waals surface area contributed by atoms with Gasteiger partial charge in [-0.2, -0.15) is 0 Å².